The van der Waals surface area contributed by atoms with E-state index in [2.05, 4.69) is 10.6 Å². The number of anilines is 2. The van der Waals surface area contributed by atoms with Crippen LogP contribution < -0.4 is 10.6 Å². The van der Waals surface area contributed by atoms with Crippen molar-refractivity contribution in [2.75, 3.05) is 10.6 Å². The molecule has 0 spiro atoms. The van der Waals surface area contributed by atoms with E-state index < -0.39 is 17.6 Å². The van der Waals surface area contributed by atoms with Crippen molar-refractivity contribution in [1.82, 2.24) is 0 Å². The van der Waals surface area contributed by atoms with Crippen LogP contribution in [0, 0.1) is 0 Å². The van der Waals surface area contributed by atoms with Crippen molar-refractivity contribution in [2.45, 2.75) is 19.5 Å². The number of amides is 2. The number of halogens is 4. The summed E-state index contributed by atoms with van der Waals surface area (Å²) in [6, 6.07) is 8.62. The van der Waals surface area contributed by atoms with Crippen LogP contribution in [0.4, 0.5) is 24.5 Å². The smallest absolute Gasteiger partial charge is 0.326 e. The van der Waals surface area contributed by atoms with Gasteiger partial charge in [0, 0.05) is 17.7 Å². The van der Waals surface area contributed by atoms with Crippen molar-refractivity contribution in [2.24, 2.45) is 0 Å². The molecule has 0 radical (unpaired) electrons. The largest absolute Gasteiger partial charge is 0.416 e. The van der Waals surface area contributed by atoms with Gasteiger partial charge in [0.15, 0.2) is 0 Å². The fourth-order valence-electron chi connectivity index (χ4n) is 1.95. The van der Waals surface area contributed by atoms with Gasteiger partial charge >= 0.3 is 6.18 Å². The second kappa shape index (κ2) is 7.57. The van der Waals surface area contributed by atoms with Gasteiger partial charge in [0.05, 0.1) is 16.3 Å². The summed E-state index contributed by atoms with van der Waals surface area (Å²) < 4.78 is 38.2. The van der Waals surface area contributed by atoms with Gasteiger partial charge < -0.3 is 10.6 Å². The molecule has 0 aliphatic carbocycles. The highest BCUT2D eigenvalue weighted by Crippen LogP contribution is 2.34. The van der Waals surface area contributed by atoms with Gasteiger partial charge in [-0.2, -0.15) is 13.2 Å². The molecule has 25 heavy (non-hydrogen) atoms. The number of rotatable bonds is 4. The van der Waals surface area contributed by atoms with E-state index in [1.807, 2.05) is 0 Å². The quantitative estimate of drug-likeness (QED) is 0.799. The minimum absolute atomic E-state index is 0.00632. The minimum atomic E-state index is -4.54. The van der Waals surface area contributed by atoms with Gasteiger partial charge in [0.1, 0.15) is 0 Å². The predicted octanol–water partition coefficient (Wildman–Crippen LogP) is 4.96. The maximum atomic E-state index is 12.7. The first-order chi connectivity index (χ1) is 11.7. The zero-order valence-corrected chi connectivity index (χ0v) is 13.8. The monoisotopic (exact) mass is 370 g/mol. The van der Waals surface area contributed by atoms with Crippen LogP contribution in [0.5, 0.6) is 0 Å². The molecule has 132 valence electrons. The molecule has 0 atom stereocenters. The Morgan fingerprint density at radius 1 is 1.04 bits per heavy atom. The molecule has 0 unspecified atom stereocenters. The summed E-state index contributed by atoms with van der Waals surface area (Å²) in [6.07, 6.45) is -4.22. The third-order valence-electron chi connectivity index (χ3n) is 3.29. The Morgan fingerprint density at radius 2 is 1.68 bits per heavy atom. The van der Waals surface area contributed by atoms with E-state index in [0.29, 0.717) is 12.1 Å². The Labute approximate surface area is 147 Å². The maximum absolute atomic E-state index is 12.7. The number of nitrogens with one attached hydrogen (secondary N) is 2. The predicted molar refractivity (Wildman–Crippen MR) is 89.8 cm³/mol. The zero-order chi connectivity index (χ0) is 18.6. The standard InChI is InChI=1S/C17H14ClF3N2O2/c1-2-15(24)22-12-6-3-10(4-7-12)16(25)23-14-9-11(17(19,20)21)5-8-13(14)18/h3-9H,2H2,1H3,(H,22,24)(H,23,25). The summed E-state index contributed by atoms with van der Waals surface area (Å²) in [7, 11) is 0. The highest BCUT2D eigenvalue weighted by molar-refractivity contribution is 6.34. The molecular weight excluding hydrogens is 357 g/mol. The lowest BCUT2D eigenvalue weighted by molar-refractivity contribution is -0.137. The first kappa shape index (κ1) is 18.8. The maximum Gasteiger partial charge on any atom is 0.416 e. The molecule has 0 fully saturated rings. The van der Waals surface area contributed by atoms with Crippen LogP contribution in [-0.4, -0.2) is 11.8 Å². The van der Waals surface area contributed by atoms with Crippen molar-refractivity contribution in [3.8, 4) is 0 Å². The molecule has 0 aliphatic rings. The number of benzene rings is 2. The second-order valence-corrected chi connectivity index (χ2v) is 5.53. The zero-order valence-electron chi connectivity index (χ0n) is 13.1. The lowest BCUT2D eigenvalue weighted by Gasteiger charge is -2.12. The van der Waals surface area contributed by atoms with Crippen LogP contribution in [0.25, 0.3) is 0 Å². The Hall–Kier alpha value is -2.54. The molecule has 4 nitrogen and oxygen atoms in total. The first-order valence-corrected chi connectivity index (χ1v) is 7.66. The average Bonchev–Trinajstić information content (AvgIpc) is 2.56. The van der Waals surface area contributed by atoms with Crippen LogP contribution in [0.3, 0.4) is 0 Å². The van der Waals surface area contributed by atoms with Crippen LogP contribution in [0.1, 0.15) is 29.3 Å². The lowest BCUT2D eigenvalue weighted by atomic mass is 10.1. The van der Waals surface area contributed by atoms with Crippen molar-refractivity contribution in [3.05, 3.63) is 58.6 Å². The number of carbonyl (C=O) groups excluding carboxylic acids is 2. The Kier molecular flexibility index (Phi) is 5.69. The molecule has 0 bridgehead atoms. The Morgan fingerprint density at radius 3 is 2.24 bits per heavy atom. The third kappa shape index (κ3) is 4.96. The van der Waals surface area contributed by atoms with Crippen molar-refractivity contribution >= 4 is 34.8 Å². The topological polar surface area (TPSA) is 58.2 Å². The minimum Gasteiger partial charge on any atom is -0.326 e. The molecule has 0 saturated heterocycles. The summed E-state index contributed by atoms with van der Waals surface area (Å²) in [5.41, 5.74) is -0.321. The number of hydrogen-bond donors (Lipinski definition) is 2. The molecule has 2 aromatic carbocycles. The Bertz CT molecular complexity index is 789. The molecule has 2 aromatic rings. The van der Waals surface area contributed by atoms with E-state index in [-0.39, 0.29) is 22.2 Å². The first-order valence-electron chi connectivity index (χ1n) is 7.28. The fourth-order valence-corrected chi connectivity index (χ4v) is 2.11. The summed E-state index contributed by atoms with van der Waals surface area (Å²) in [5, 5.41) is 4.97. The molecule has 0 aliphatic heterocycles. The number of carbonyl (C=O) groups is 2. The summed E-state index contributed by atoms with van der Waals surface area (Å²) >= 11 is 5.85. The van der Waals surface area contributed by atoms with Gasteiger partial charge in [-0.3, -0.25) is 9.59 Å². The van der Waals surface area contributed by atoms with E-state index in [1.165, 1.54) is 24.3 Å². The van der Waals surface area contributed by atoms with E-state index >= 15 is 0 Å². The molecule has 0 heterocycles. The van der Waals surface area contributed by atoms with Gasteiger partial charge in [-0.25, -0.2) is 0 Å². The highest BCUT2D eigenvalue weighted by atomic mass is 35.5. The van der Waals surface area contributed by atoms with E-state index in [9.17, 15) is 22.8 Å². The van der Waals surface area contributed by atoms with Gasteiger partial charge in [-0.15, -0.1) is 0 Å². The molecule has 2 amide bonds. The van der Waals surface area contributed by atoms with Crippen LogP contribution >= 0.6 is 11.6 Å². The summed E-state index contributed by atoms with van der Waals surface area (Å²) in [6.45, 7) is 1.70. The van der Waals surface area contributed by atoms with Crippen LogP contribution in [0.15, 0.2) is 42.5 Å². The molecule has 8 heteroatoms. The SMILES string of the molecule is CCC(=O)Nc1ccc(C(=O)Nc2cc(C(F)(F)F)ccc2Cl)cc1. The van der Waals surface area contributed by atoms with Gasteiger partial charge in [0.25, 0.3) is 5.91 Å². The van der Waals surface area contributed by atoms with Gasteiger partial charge in [0.2, 0.25) is 5.91 Å². The van der Waals surface area contributed by atoms with Crippen molar-refractivity contribution in [1.29, 1.82) is 0 Å². The van der Waals surface area contributed by atoms with Crippen molar-refractivity contribution in [3.63, 3.8) is 0 Å². The number of hydrogen-bond acceptors (Lipinski definition) is 2. The molecule has 2 N–H and O–H groups in total. The van der Waals surface area contributed by atoms with Crippen molar-refractivity contribution < 1.29 is 22.8 Å². The van der Waals surface area contributed by atoms with Gasteiger partial charge in [-0.1, -0.05) is 18.5 Å². The van der Waals surface area contributed by atoms with E-state index in [4.69, 9.17) is 11.6 Å². The van der Waals surface area contributed by atoms with Crippen LogP contribution in [0.2, 0.25) is 5.02 Å². The third-order valence-corrected chi connectivity index (χ3v) is 3.62. The summed E-state index contributed by atoms with van der Waals surface area (Å²) in [4.78, 5) is 23.5. The second-order valence-electron chi connectivity index (χ2n) is 5.13. The fraction of sp³-hybridized carbons (Fsp3) is 0.176. The molecule has 0 saturated carbocycles. The summed E-state index contributed by atoms with van der Waals surface area (Å²) in [5.74, 6) is -0.789. The molecular formula is C17H14ClF3N2O2. The average molecular weight is 371 g/mol. The van der Waals surface area contributed by atoms with Gasteiger partial charge in [-0.05, 0) is 42.5 Å². The van der Waals surface area contributed by atoms with E-state index in [0.717, 1.165) is 18.2 Å². The highest BCUT2D eigenvalue weighted by Gasteiger charge is 2.31. The lowest BCUT2D eigenvalue weighted by Crippen LogP contribution is -2.14. The van der Waals surface area contributed by atoms with E-state index in [1.54, 1.807) is 6.92 Å². The Balaban J connectivity index is 2.15. The number of alkyl halides is 3. The van der Waals surface area contributed by atoms with Crippen LogP contribution in [-0.2, 0) is 11.0 Å². The normalized spacial score (nSPS) is 11.1. The molecule has 2 rings (SSSR count). The molecule has 0 aromatic heterocycles.